The van der Waals surface area contributed by atoms with Gasteiger partial charge in [0, 0.05) is 67.6 Å². The van der Waals surface area contributed by atoms with Gasteiger partial charge in [-0.25, -0.2) is 126 Å². The van der Waals surface area contributed by atoms with Gasteiger partial charge in [0.1, 0.15) is 44.2 Å². The summed E-state index contributed by atoms with van der Waals surface area (Å²) in [6, 6.07) is 0. The Bertz CT molecular complexity index is 3250. The molecule has 0 heterocycles. The number of halogens is 30. The van der Waals surface area contributed by atoms with Crippen LogP contribution in [0.5, 0.6) is 0 Å². The molecule has 0 aliphatic rings. The minimum absolute atomic E-state index is 0. The first-order valence-electron chi connectivity index (χ1n) is 33.5. The van der Waals surface area contributed by atoms with Crippen LogP contribution in [0.2, 0.25) is 0 Å². The van der Waals surface area contributed by atoms with E-state index in [2.05, 4.69) is 95.3 Å². The normalized spacial score (nSPS) is 12.9. The Hall–Kier alpha value is -16.9. The molecule has 138 heavy (non-hydrogen) atoms. The molecule has 0 N–H and O–H groups in total. The average Bonchev–Trinajstić information content (AvgIpc) is 0.842. The van der Waals surface area contributed by atoms with Gasteiger partial charge in [-0.05, 0) is 69.2 Å². The smallest absolute Gasteiger partial charge is 0.333 e. The molecule has 0 saturated carbocycles. The van der Waals surface area contributed by atoms with E-state index >= 15 is 0 Å². The molecular formula is C72H84F30O21Rf10S5-10. The SMILES string of the molecule is C=C(C)C(=O)OC(COC(F)(F)[CH-]F)C(COC(F)(F)[CH-]F)OC(=O)C(=C)C.C=C(C)C(=O)OC(CSC(F)(F)[CH-]F)C(CSC(F)(F)[CH-]F)OC(=O)C(=C)C.C=C(C)C(=O)OCC(C)(COC(F)(F)[CH-]F)OC(F)(F)[CH-]F.C=C(C)C(=O)OCC(C)(CSC(F)(F)[CH-]F)SC(F)(F)[CH-]F.C=C(C)C(=O)OCCOC(F)(F)[CH-]F.C=C(C)C(=O)OCCSC(F)(F)[CH-]F.[Rf].[Rf].[Rf].[Rf].[Rf].[Rf].[Rf].[Rf].[Rf].[Rf]. The second kappa shape index (κ2) is 70.8. The first kappa shape index (κ1) is 158. The Morgan fingerprint density at radius 2 is 0.522 bits per heavy atom. The van der Waals surface area contributed by atoms with Crippen molar-refractivity contribution in [2.75, 3.05) is 75.9 Å². The fourth-order valence-corrected chi connectivity index (χ4v) is 9.64. The molecule has 6 atom stereocenters. The fraction of sp³-hybridized carbons (Fsp3) is 0.528. The summed E-state index contributed by atoms with van der Waals surface area (Å²) < 4.78 is 430. The van der Waals surface area contributed by atoms with Crippen molar-refractivity contribution < 1.29 is 232 Å². The van der Waals surface area contributed by atoms with Crippen LogP contribution in [0.25, 0.3) is 0 Å². The van der Waals surface area contributed by atoms with Gasteiger partial charge in [0.15, 0.2) is 12.2 Å². The summed E-state index contributed by atoms with van der Waals surface area (Å²) >= 11 is -1.16. The van der Waals surface area contributed by atoms with Crippen LogP contribution in [0.15, 0.2) is 97.2 Å². The van der Waals surface area contributed by atoms with Crippen LogP contribution in [0.3, 0.4) is 0 Å². The first-order valence-corrected chi connectivity index (χ1v) is 38.3. The summed E-state index contributed by atoms with van der Waals surface area (Å²) in [6.07, 6.45) is -28.9. The number of thioether (sulfide) groups is 5. The van der Waals surface area contributed by atoms with Crippen LogP contribution in [0.1, 0.15) is 69.2 Å². The minimum Gasteiger partial charge on any atom is -0.461 e. The van der Waals surface area contributed by atoms with Gasteiger partial charge in [0.25, 0.3) is 30.5 Å². The van der Waals surface area contributed by atoms with Crippen molar-refractivity contribution in [2.24, 2.45) is 0 Å². The van der Waals surface area contributed by atoms with E-state index in [1.807, 2.05) is 0 Å². The number of ether oxygens (including phenoxy) is 13. The van der Waals surface area contributed by atoms with Crippen LogP contribution in [-0.2, 0) is 99.9 Å². The number of rotatable bonds is 58. The van der Waals surface area contributed by atoms with Gasteiger partial charge < -0.3 is 105 Å². The van der Waals surface area contributed by atoms with E-state index in [-0.39, 0.29) is 122 Å². The van der Waals surface area contributed by atoms with E-state index in [9.17, 15) is 170 Å². The van der Waals surface area contributed by atoms with E-state index in [0.29, 0.717) is 0 Å². The molecule has 6 unspecified atom stereocenters. The standard InChI is InChI=1S/C16H18F6O6.C16H18F6O4S2.C12H14F6O4.C12H14F6O2S2.C8H10F3O3.C8H10F3O2S.10Rf/c1-9(2)13(23)27-11(5-25-15(19,20)7-17)12(28-14(24)10(3)4)6-26-16(21,22)8-18;1-9(2)13(23)25-11(5-27-15(19,20)7-17)12(26-14(24)10(3)4)6-28-16(21,22)8-18;2*1-8(2)9(19)20-6-10(3,22-12(17,18)5-14)7-21-11(15,16)4-13;2*1-6(2)7(12)13-3-4-14-8(10,11)5-9;;;;;;;;;;/h2*7-8,11-12H,1,3,5-6H2,2,4H3;2*4-5H,1,6-7H2,2-3H3;2*5H,1,3-4H2,2H3;;;;;;;;;;/q4*-2;2*-1;;;;;;;;;;. The number of carbonyl (C=O) groups is 8. The number of carbonyl (C=O) groups excluding carboxylic acids is 8. The van der Waals surface area contributed by atoms with Gasteiger partial charge >= 0.3 is 47.8 Å². The fourth-order valence-electron chi connectivity index (χ4n) is 5.80. The van der Waals surface area contributed by atoms with Gasteiger partial charge in [0.05, 0.1) is 31.2 Å². The molecule has 0 fully saturated rings. The maximum atomic E-state index is 13.2. The molecule has 0 rings (SSSR count). The number of esters is 8. The van der Waals surface area contributed by atoms with Crippen molar-refractivity contribution in [1.29, 1.82) is 0 Å². The predicted molar refractivity (Wildman–Crippen MR) is 405 cm³/mol. The molecule has 0 aromatic rings. The van der Waals surface area contributed by atoms with Crippen LogP contribution in [-0.4, -0.2) is 215 Å². The largest absolute Gasteiger partial charge is 0.461 e. The van der Waals surface area contributed by atoms with Crippen molar-refractivity contribution in [3.63, 3.8) is 0 Å². The van der Waals surface area contributed by atoms with Gasteiger partial charge in [-0.1, -0.05) is 119 Å². The van der Waals surface area contributed by atoms with Gasteiger partial charge in [-0.15, -0.1) is 58.8 Å². The molecule has 0 amide bonds. The third kappa shape index (κ3) is 76.8. The monoisotopic (exact) mass is 4690 g/mol. The maximum Gasteiger partial charge on any atom is 0.333 e. The molecule has 0 spiro atoms. The Morgan fingerprint density at radius 1 is 0.275 bits per heavy atom. The topological polar surface area (TPSA) is 257 Å². The molecule has 0 aromatic heterocycles. The summed E-state index contributed by atoms with van der Waals surface area (Å²) in [5.74, 6) is -10.4. The third-order valence-electron chi connectivity index (χ3n) is 11.8. The van der Waals surface area contributed by atoms with Crippen molar-refractivity contribution >= 4 is 107 Å². The van der Waals surface area contributed by atoms with E-state index in [4.69, 9.17) is 18.9 Å². The molecule has 0 aliphatic heterocycles. The molecule has 66 heteroatoms. The Labute approximate surface area is 736 Å². The number of hydrogen-bond donors (Lipinski definition) is 0. The van der Waals surface area contributed by atoms with Crippen LogP contribution in [0, 0.1) is 66.7 Å². The maximum absolute atomic E-state index is 13.2. The van der Waals surface area contributed by atoms with Crippen LogP contribution in [0.4, 0.5) is 132 Å². The Morgan fingerprint density at radius 3 is 0.804 bits per heavy atom. The predicted octanol–water partition coefficient (Wildman–Crippen LogP) is 20.9. The molecule has 0 saturated heterocycles. The van der Waals surface area contributed by atoms with Gasteiger partial charge in [-0.3, -0.25) is 0 Å². The molecule has 21 nitrogen and oxygen atoms in total. The summed E-state index contributed by atoms with van der Waals surface area (Å²) in [5, 5.41) is -19.3. The summed E-state index contributed by atoms with van der Waals surface area (Å²) in [4.78, 5) is 90.7. The summed E-state index contributed by atoms with van der Waals surface area (Å²) in [7, 11) is 0. The van der Waals surface area contributed by atoms with Gasteiger partial charge in [0.2, 0.25) is 26.3 Å². The second-order valence-electron chi connectivity index (χ2n) is 24.8. The second-order valence-corrected chi connectivity index (χ2v) is 31.2. The Kier molecular flexibility index (Phi) is 81.2. The van der Waals surface area contributed by atoms with E-state index in [1.165, 1.54) is 55.4 Å². The third-order valence-corrected chi connectivity index (χ3v) is 17.2. The molecular weight excluding hydrogens is 4600 g/mol. The van der Waals surface area contributed by atoms with E-state index in [0.717, 1.165) is 13.8 Å². The van der Waals surface area contributed by atoms with E-state index < -0.39 is 263 Å². The molecule has 0 aliphatic carbocycles. The van der Waals surface area contributed by atoms with Gasteiger partial charge in [-0.2, -0.15) is 0 Å². The average molecular weight is 4690 g/mol. The number of hydrogen-bond acceptors (Lipinski definition) is 26. The van der Waals surface area contributed by atoms with Crippen LogP contribution < -0.4 is 0 Å². The van der Waals surface area contributed by atoms with Crippen molar-refractivity contribution in [3.8, 4) is 0 Å². The molecule has 0 radical (unpaired) electrons. The van der Waals surface area contributed by atoms with Crippen molar-refractivity contribution in [3.05, 3.63) is 164 Å². The van der Waals surface area contributed by atoms with Crippen molar-refractivity contribution in [2.45, 2.75) is 161 Å². The molecule has 0 bridgehead atoms. The van der Waals surface area contributed by atoms with Crippen LogP contribution >= 0.6 is 58.8 Å². The zero-order valence-electron chi connectivity index (χ0n) is 75.2. The quantitative estimate of drug-likeness (QED) is 0.0137. The first-order chi connectivity index (χ1) is 58.0. The minimum atomic E-state index is -4.46. The number of alkyl halides is 20. The summed E-state index contributed by atoms with van der Waals surface area (Å²) in [5.41, 5.74) is -2.95. The summed E-state index contributed by atoms with van der Waals surface area (Å²) in [6.45, 7) is 21.6. The zero-order chi connectivity index (χ0) is 102. The zero-order valence-corrected chi connectivity index (χ0v) is 143. The molecule has 0 aromatic carbocycles. The van der Waals surface area contributed by atoms with E-state index in [1.54, 1.807) is 0 Å². The molecule has 768 valence electrons. The Balaban J connectivity index is -0.0000000926. The van der Waals surface area contributed by atoms with Crippen molar-refractivity contribution in [1.82, 2.24) is 0 Å².